The Bertz CT molecular complexity index is 1340. The molecule has 1 aliphatic carbocycles. The molecular formula is C25H32F2N3O9P. The lowest BCUT2D eigenvalue weighted by molar-refractivity contribution is -0.152. The fourth-order valence-electron chi connectivity index (χ4n) is 4.60. The van der Waals surface area contributed by atoms with Crippen LogP contribution in [-0.2, 0) is 23.4 Å². The molecule has 3 N–H and O–H groups in total. The summed E-state index contributed by atoms with van der Waals surface area (Å²) in [5, 5.41) is 13.1. The van der Waals surface area contributed by atoms with Crippen LogP contribution in [0.25, 0.3) is 0 Å². The number of halogens is 2. The molecule has 1 aliphatic heterocycles. The van der Waals surface area contributed by atoms with Gasteiger partial charge in [-0.25, -0.2) is 18.1 Å². The molecule has 12 nitrogen and oxygen atoms in total. The minimum absolute atomic E-state index is 0.0639. The van der Waals surface area contributed by atoms with Crippen molar-refractivity contribution < 1.29 is 41.8 Å². The Kier molecular flexibility index (Phi) is 9.26. The molecule has 220 valence electrons. The van der Waals surface area contributed by atoms with E-state index < -0.39 is 67.5 Å². The quantitative estimate of drug-likeness (QED) is 0.279. The van der Waals surface area contributed by atoms with E-state index in [9.17, 15) is 28.4 Å². The number of benzene rings is 1. The highest BCUT2D eigenvalue weighted by atomic mass is 31.2. The van der Waals surface area contributed by atoms with Gasteiger partial charge >= 0.3 is 19.4 Å². The molecule has 40 heavy (non-hydrogen) atoms. The van der Waals surface area contributed by atoms with E-state index in [1.807, 2.05) is 4.98 Å². The maximum atomic E-state index is 15.5. The molecule has 1 saturated heterocycles. The number of aromatic nitrogens is 2. The SMILES string of the molecule is CC(N[P@](=O)(OC[C@H]1O[C@@H](n2ccc(=O)[nH]c2=O)[C@](C)(F)[C@@H]1O)Oc1ccc(F)cc1)C(=O)OC1CCCCC1. The van der Waals surface area contributed by atoms with Gasteiger partial charge in [-0.05, 0) is 63.8 Å². The van der Waals surface area contributed by atoms with E-state index in [2.05, 4.69) is 5.09 Å². The van der Waals surface area contributed by atoms with E-state index in [1.165, 1.54) is 19.1 Å². The van der Waals surface area contributed by atoms with Crippen LogP contribution in [0.3, 0.4) is 0 Å². The van der Waals surface area contributed by atoms with Crippen molar-refractivity contribution in [3.05, 3.63) is 63.2 Å². The predicted octanol–water partition coefficient (Wildman–Crippen LogP) is 2.72. The maximum Gasteiger partial charge on any atom is 0.459 e. The van der Waals surface area contributed by atoms with Gasteiger partial charge < -0.3 is 19.1 Å². The average Bonchev–Trinajstić information content (AvgIpc) is 3.13. The van der Waals surface area contributed by atoms with Crippen LogP contribution in [0, 0.1) is 5.82 Å². The lowest BCUT2D eigenvalue weighted by atomic mass is 9.98. The largest absolute Gasteiger partial charge is 0.461 e. The van der Waals surface area contributed by atoms with Gasteiger partial charge in [0.1, 0.15) is 35.9 Å². The smallest absolute Gasteiger partial charge is 0.459 e. The number of carbonyl (C=O) groups is 1. The number of aliphatic hydroxyl groups excluding tert-OH is 1. The molecule has 0 spiro atoms. The van der Waals surface area contributed by atoms with Gasteiger partial charge in [0.2, 0.25) is 0 Å². The summed E-state index contributed by atoms with van der Waals surface area (Å²) in [6.07, 6.45) is 0.145. The second kappa shape index (κ2) is 12.3. The molecule has 1 saturated carbocycles. The van der Waals surface area contributed by atoms with Gasteiger partial charge in [0.25, 0.3) is 5.56 Å². The van der Waals surface area contributed by atoms with Crippen LogP contribution in [-0.4, -0.2) is 57.3 Å². The zero-order chi connectivity index (χ0) is 29.1. The number of aromatic amines is 1. The number of hydrogen-bond donors (Lipinski definition) is 3. The summed E-state index contributed by atoms with van der Waals surface area (Å²) in [5.74, 6) is -1.33. The number of esters is 1. The molecule has 0 radical (unpaired) electrons. The monoisotopic (exact) mass is 587 g/mol. The molecule has 0 amide bonds. The highest BCUT2D eigenvalue weighted by Gasteiger charge is 2.56. The van der Waals surface area contributed by atoms with Gasteiger partial charge in [0.15, 0.2) is 11.9 Å². The van der Waals surface area contributed by atoms with Gasteiger partial charge in [-0.2, -0.15) is 5.09 Å². The number of alkyl halides is 1. The van der Waals surface area contributed by atoms with Crippen LogP contribution in [0.5, 0.6) is 5.75 Å². The summed E-state index contributed by atoms with van der Waals surface area (Å²) in [6.45, 7) is 1.69. The van der Waals surface area contributed by atoms with Gasteiger partial charge in [-0.3, -0.25) is 23.7 Å². The standard InChI is InChI=1S/C25H32F2N3O9P/c1-15(22(33)37-17-6-4-3-5-7-17)29-40(35,39-18-10-8-16(26)9-11-18)36-14-19-21(32)25(2,27)23(38-19)30-13-12-20(31)28-24(30)34/h8-13,15,17,19,21,23,32H,3-7,14H2,1-2H3,(H,29,35)(H,28,31,34)/t15?,19-,21-,23-,25-,40+/m1/s1. The lowest BCUT2D eigenvalue weighted by Crippen LogP contribution is -2.44. The minimum atomic E-state index is -4.45. The second-order valence-electron chi connectivity index (χ2n) is 10.0. The number of nitrogens with zero attached hydrogens (tertiary/aromatic N) is 1. The van der Waals surface area contributed by atoms with Crippen molar-refractivity contribution in [1.82, 2.24) is 14.6 Å². The van der Waals surface area contributed by atoms with Crippen LogP contribution in [0.2, 0.25) is 0 Å². The first-order valence-electron chi connectivity index (χ1n) is 12.9. The first-order valence-corrected chi connectivity index (χ1v) is 14.4. The zero-order valence-electron chi connectivity index (χ0n) is 22.0. The number of H-pyrrole nitrogens is 1. The average molecular weight is 588 g/mol. The van der Waals surface area contributed by atoms with Gasteiger partial charge in [0, 0.05) is 12.3 Å². The summed E-state index contributed by atoms with van der Waals surface area (Å²) < 4.78 is 65.5. The number of carbonyl (C=O) groups excluding carboxylic acids is 1. The minimum Gasteiger partial charge on any atom is -0.461 e. The van der Waals surface area contributed by atoms with Crippen LogP contribution in [0.4, 0.5) is 8.78 Å². The molecule has 2 fully saturated rings. The third kappa shape index (κ3) is 7.05. The number of hydrogen-bond acceptors (Lipinski definition) is 9. The van der Waals surface area contributed by atoms with Crippen LogP contribution < -0.4 is 20.9 Å². The molecule has 1 aromatic heterocycles. The van der Waals surface area contributed by atoms with E-state index >= 15 is 4.39 Å². The van der Waals surface area contributed by atoms with Crippen molar-refractivity contribution in [3.63, 3.8) is 0 Å². The Balaban J connectivity index is 1.49. The van der Waals surface area contributed by atoms with Crippen molar-refractivity contribution in [2.45, 2.75) is 82.2 Å². The molecular weight excluding hydrogens is 555 g/mol. The molecule has 4 rings (SSSR count). The molecule has 6 atom stereocenters. The Labute approximate surface area is 228 Å². The Morgan fingerprint density at radius 3 is 2.58 bits per heavy atom. The van der Waals surface area contributed by atoms with Crippen molar-refractivity contribution in [3.8, 4) is 5.75 Å². The summed E-state index contributed by atoms with van der Waals surface area (Å²) in [4.78, 5) is 38.3. The molecule has 1 unspecified atom stereocenters. The summed E-state index contributed by atoms with van der Waals surface area (Å²) in [5.41, 5.74) is -4.20. The lowest BCUT2D eigenvalue weighted by Gasteiger charge is -2.27. The van der Waals surface area contributed by atoms with Crippen LogP contribution in [0.1, 0.15) is 52.2 Å². The Morgan fingerprint density at radius 1 is 1.25 bits per heavy atom. The second-order valence-corrected chi connectivity index (χ2v) is 11.7. The maximum absolute atomic E-state index is 15.5. The van der Waals surface area contributed by atoms with Crippen molar-refractivity contribution >= 4 is 13.7 Å². The number of ether oxygens (including phenoxy) is 2. The highest BCUT2D eigenvalue weighted by Crippen LogP contribution is 2.47. The summed E-state index contributed by atoms with van der Waals surface area (Å²) in [6, 6.07) is 4.32. The Morgan fingerprint density at radius 2 is 1.93 bits per heavy atom. The topological polar surface area (TPSA) is 158 Å². The van der Waals surface area contributed by atoms with E-state index in [0.29, 0.717) is 0 Å². The van der Waals surface area contributed by atoms with Crippen LogP contribution >= 0.6 is 7.75 Å². The van der Waals surface area contributed by atoms with Gasteiger partial charge in [-0.15, -0.1) is 0 Å². The highest BCUT2D eigenvalue weighted by molar-refractivity contribution is 7.52. The molecule has 15 heteroatoms. The number of aliphatic hydroxyl groups is 1. The van der Waals surface area contributed by atoms with Gasteiger partial charge in [-0.1, -0.05) is 6.42 Å². The van der Waals surface area contributed by atoms with Gasteiger partial charge in [0.05, 0.1) is 6.61 Å². The number of nitrogens with one attached hydrogen (secondary N) is 2. The first-order chi connectivity index (χ1) is 18.9. The summed E-state index contributed by atoms with van der Waals surface area (Å²) in [7, 11) is -4.45. The fraction of sp³-hybridized carbons (Fsp3) is 0.560. The predicted molar refractivity (Wildman–Crippen MR) is 137 cm³/mol. The van der Waals surface area contributed by atoms with Crippen molar-refractivity contribution in [1.29, 1.82) is 0 Å². The molecule has 2 heterocycles. The van der Waals surface area contributed by atoms with Crippen molar-refractivity contribution in [2.24, 2.45) is 0 Å². The van der Waals surface area contributed by atoms with E-state index in [1.54, 1.807) is 0 Å². The molecule has 2 aliphatic rings. The van der Waals surface area contributed by atoms with Crippen LogP contribution in [0.15, 0.2) is 46.1 Å². The molecule has 0 bridgehead atoms. The third-order valence-corrected chi connectivity index (χ3v) is 8.45. The Hall–Kier alpha value is -2.90. The fourth-order valence-corrected chi connectivity index (χ4v) is 6.10. The number of rotatable bonds is 10. The van der Waals surface area contributed by atoms with Crippen molar-refractivity contribution in [2.75, 3.05) is 6.61 Å². The van der Waals surface area contributed by atoms with E-state index in [0.717, 1.165) is 68.0 Å². The first kappa shape index (κ1) is 30.1. The summed E-state index contributed by atoms with van der Waals surface area (Å²) >= 11 is 0. The molecule has 2 aromatic rings. The zero-order valence-corrected chi connectivity index (χ0v) is 22.9. The van der Waals surface area contributed by atoms with E-state index in [-0.39, 0.29) is 11.9 Å². The third-order valence-electron chi connectivity index (χ3n) is 6.81. The normalized spacial score (nSPS) is 27.6. The van der Waals surface area contributed by atoms with E-state index in [4.69, 9.17) is 18.5 Å². The molecule has 1 aromatic carbocycles.